The van der Waals surface area contributed by atoms with E-state index in [1.54, 1.807) is 26.6 Å². The fourth-order valence-corrected chi connectivity index (χ4v) is 2.03. The molecule has 0 saturated carbocycles. The van der Waals surface area contributed by atoms with Crippen LogP contribution in [-0.4, -0.2) is 67.5 Å². The first-order valence-corrected chi connectivity index (χ1v) is 6.98. The van der Waals surface area contributed by atoms with Gasteiger partial charge in [-0.25, -0.2) is 4.98 Å². The molecule has 0 radical (unpaired) electrons. The first-order chi connectivity index (χ1) is 9.43. The van der Waals surface area contributed by atoms with Crippen LogP contribution in [0.25, 0.3) is 0 Å². The molecule has 1 heterocycles. The minimum atomic E-state index is -0.164. The summed E-state index contributed by atoms with van der Waals surface area (Å²) in [6, 6.07) is 0. The van der Waals surface area contributed by atoms with Gasteiger partial charge in [0.1, 0.15) is 0 Å². The Morgan fingerprint density at radius 3 is 2.60 bits per heavy atom. The molecular formula is C12H20N4O3S. The van der Waals surface area contributed by atoms with Crippen molar-refractivity contribution >= 4 is 28.3 Å². The maximum absolute atomic E-state index is 12.2. The third kappa shape index (κ3) is 5.14. The molecule has 20 heavy (non-hydrogen) atoms. The summed E-state index contributed by atoms with van der Waals surface area (Å²) in [5.74, 6) is -0.296. The summed E-state index contributed by atoms with van der Waals surface area (Å²) in [7, 11) is 4.86. The highest BCUT2D eigenvalue weighted by Gasteiger charge is 2.19. The first kappa shape index (κ1) is 16.4. The summed E-state index contributed by atoms with van der Waals surface area (Å²) in [5.41, 5.74) is 6.16. The number of carbonyl (C=O) groups is 2. The zero-order valence-corrected chi connectivity index (χ0v) is 12.8. The Kier molecular flexibility index (Phi) is 6.40. The average molecular weight is 300 g/mol. The third-order valence-electron chi connectivity index (χ3n) is 2.64. The van der Waals surface area contributed by atoms with Crippen LogP contribution in [0.15, 0.2) is 5.38 Å². The zero-order chi connectivity index (χ0) is 15.1. The van der Waals surface area contributed by atoms with Gasteiger partial charge in [0.25, 0.3) is 0 Å². The lowest BCUT2D eigenvalue weighted by atomic mass is 10.3. The fourth-order valence-electron chi connectivity index (χ4n) is 1.47. The maximum atomic E-state index is 12.2. The second-order valence-electron chi connectivity index (χ2n) is 4.45. The Morgan fingerprint density at radius 1 is 1.40 bits per heavy atom. The Labute approximate surface area is 122 Å². The van der Waals surface area contributed by atoms with Crippen LogP contribution in [0, 0.1) is 0 Å². The number of nitrogen functional groups attached to an aromatic ring is 1. The summed E-state index contributed by atoms with van der Waals surface area (Å²) in [6.07, 6.45) is 0.137. The molecule has 1 aromatic rings. The van der Waals surface area contributed by atoms with Gasteiger partial charge in [0.05, 0.1) is 25.3 Å². The number of ether oxygens (including phenoxy) is 1. The summed E-state index contributed by atoms with van der Waals surface area (Å²) in [5, 5.41) is 2.18. The van der Waals surface area contributed by atoms with E-state index in [0.717, 1.165) is 0 Å². The number of amides is 2. The van der Waals surface area contributed by atoms with Crippen LogP contribution in [0.3, 0.4) is 0 Å². The molecule has 2 N–H and O–H groups in total. The quantitative estimate of drug-likeness (QED) is 0.755. The van der Waals surface area contributed by atoms with Gasteiger partial charge in [-0.1, -0.05) is 0 Å². The maximum Gasteiger partial charge on any atom is 0.241 e. The molecule has 0 unspecified atom stereocenters. The standard InChI is InChI=1S/C12H20N4O3S/c1-15(2)11(18)7-16(4-5-19-3)10(17)6-9-8-20-12(13)14-9/h8H,4-7H2,1-3H3,(H2,13,14). The molecule has 0 aliphatic carbocycles. The Bertz CT molecular complexity index is 461. The number of hydrogen-bond donors (Lipinski definition) is 1. The van der Waals surface area contributed by atoms with E-state index < -0.39 is 0 Å². The van der Waals surface area contributed by atoms with Crippen LogP contribution in [-0.2, 0) is 20.7 Å². The van der Waals surface area contributed by atoms with Crippen molar-refractivity contribution in [3.63, 3.8) is 0 Å². The van der Waals surface area contributed by atoms with E-state index in [1.165, 1.54) is 21.1 Å². The monoisotopic (exact) mass is 300 g/mol. The van der Waals surface area contributed by atoms with Gasteiger partial charge in [0.2, 0.25) is 11.8 Å². The molecule has 0 fully saturated rings. The van der Waals surface area contributed by atoms with E-state index >= 15 is 0 Å². The number of nitrogens with two attached hydrogens (primary N) is 1. The second-order valence-corrected chi connectivity index (χ2v) is 5.34. The van der Waals surface area contributed by atoms with E-state index in [4.69, 9.17) is 10.5 Å². The number of thiazole rings is 1. The number of hydrogen-bond acceptors (Lipinski definition) is 6. The Morgan fingerprint density at radius 2 is 2.10 bits per heavy atom. The highest BCUT2D eigenvalue weighted by molar-refractivity contribution is 7.13. The van der Waals surface area contributed by atoms with E-state index in [0.29, 0.717) is 24.0 Å². The van der Waals surface area contributed by atoms with Crippen LogP contribution in [0.1, 0.15) is 5.69 Å². The number of nitrogens with zero attached hydrogens (tertiary/aromatic N) is 3. The van der Waals surface area contributed by atoms with Crippen LogP contribution in [0.5, 0.6) is 0 Å². The van der Waals surface area contributed by atoms with Crippen molar-refractivity contribution in [2.24, 2.45) is 0 Å². The molecule has 7 nitrogen and oxygen atoms in total. The van der Waals surface area contributed by atoms with Crippen LogP contribution < -0.4 is 5.73 Å². The van der Waals surface area contributed by atoms with Crippen molar-refractivity contribution in [3.05, 3.63) is 11.1 Å². The number of methoxy groups -OCH3 is 1. The molecule has 0 aliphatic heterocycles. The summed E-state index contributed by atoms with van der Waals surface area (Å²) >= 11 is 1.29. The van der Waals surface area contributed by atoms with Crippen molar-refractivity contribution in [2.75, 3.05) is 46.6 Å². The highest BCUT2D eigenvalue weighted by Crippen LogP contribution is 2.12. The predicted molar refractivity (Wildman–Crippen MR) is 77.4 cm³/mol. The summed E-state index contributed by atoms with van der Waals surface area (Å²) in [4.78, 5) is 30.9. The van der Waals surface area contributed by atoms with Crippen LogP contribution in [0.2, 0.25) is 0 Å². The average Bonchev–Trinajstić information content (AvgIpc) is 2.79. The number of rotatable bonds is 7. The Balaban J connectivity index is 2.65. The molecule has 1 aromatic heterocycles. The lowest BCUT2D eigenvalue weighted by molar-refractivity contribution is -0.139. The molecule has 112 valence electrons. The third-order valence-corrected chi connectivity index (χ3v) is 3.37. The van der Waals surface area contributed by atoms with Crippen molar-refractivity contribution in [3.8, 4) is 0 Å². The molecule has 0 bridgehead atoms. The van der Waals surface area contributed by atoms with Gasteiger partial charge in [-0.3, -0.25) is 9.59 Å². The zero-order valence-electron chi connectivity index (χ0n) is 12.0. The smallest absolute Gasteiger partial charge is 0.241 e. The van der Waals surface area contributed by atoms with E-state index in [-0.39, 0.29) is 24.8 Å². The molecule has 0 aromatic carbocycles. The predicted octanol–water partition coefficient (Wildman–Crippen LogP) is -0.169. The van der Waals surface area contributed by atoms with Gasteiger partial charge < -0.3 is 20.3 Å². The van der Waals surface area contributed by atoms with Crippen LogP contribution >= 0.6 is 11.3 Å². The number of carbonyl (C=O) groups excluding carboxylic acids is 2. The number of likely N-dealkylation sites (N-methyl/N-ethyl adjacent to an activating group) is 1. The van der Waals surface area contributed by atoms with E-state index in [2.05, 4.69) is 4.98 Å². The molecule has 0 spiro atoms. The normalized spacial score (nSPS) is 10.3. The van der Waals surface area contributed by atoms with Crippen molar-refractivity contribution in [1.29, 1.82) is 0 Å². The van der Waals surface area contributed by atoms with Gasteiger partial charge in [-0.15, -0.1) is 11.3 Å². The summed E-state index contributed by atoms with van der Waals surface area (Å²) < 4.78 is 4.97. The second kappa shape index (κ2) is 7.81. The Hall–Kier alpha value is -1.67. The van der Waals surface area contributed by atoms with Gasteiger partial charge in [0, 0.05) is 33.1 Å². The minimum absolute atomic E-state index is 0.0365. The van der Waals surface area contributed by atoms with Gasteiger partial charge in [0.15, 0.2) is 5.13 Å². The number of anilines is 1. The van der Waals surface area contributed by atoms with Crippen molar-refractivity contribution in [2.45, 2.75) is 6.42 Å². The number of aromatic nitrogens is 1. The largest absolute Gasteiger partial charge is 0.383 e. The van der Waals surface area contributed by atoms with E-state index in [1.807, 2.05) is 0 Å². The summed E-state index contributed by atoms with van der Waals surface area (Å²) in [6.45, 7) is 0.787. The van der Waals surface area contributed by atoms with Gasteiger partial charge in [-0.05, 0) is 0 Å². The van der Waals surface area contributed by atoms with Crippen LogP contribution in [0.4, 0.5) is 5.13 Å². The van der Waals surface area contributed by atoms with Gasteiger partial charge >= 0.3 is 0 Å². The molecule has 8 heteroatoms. The molecule has 2 amide bonds. The lowest BCUT2D eigenvalue weighted by Gasteiger charge is -2.23. The molecular weight excluding hydrogens is 280 g/mol. The molecule has 0 aliphatic rings. The lowest BCUT2D eigenvalue weighted by Crippen LogP contribution is -2.42. The SMILES string of the molecule is COCCN(CC(=O)N(C)C)C(=O)Cc1csc(N)n1. The highest BCUT2D eigenvalue weighted by atomic mass is 32.1. The molecule has 0 saturated heterocycles. The van der Waals surface area contributed by atoms with Gasteiger partial charge in [-0.2, -0.15) is 0 Å². The molecule has 0 atom stereocenters. The minimum Gasteiger partial charge on any atom is -0.383 e. The van der Waals surface area contributed by atoms with Crippen molar-refractivity contribution in [1.82, 2.24) is 14.8 Å². The first-order valence-electron chi connectivity index (χ1n) is 6.10. The molecule has 1 rings (SSSR count). The van der Waals surface area contributed by atoms with Crippen molar-refractivity contribution < 1.29 is 14.3 Å². The van der Waals surface area contributed by atoms with E-state index in [9.17, 15) is 9.59 Å². The topological polar surface area (TPSA) is 88.8 Å². The fraction of sp³-hybridized carbons (Fsp3) is 0.583.